The molecule has 1 fully saturated rings. The normalized spacial score (nSPS) is 15.7. The van der Waals surface area contributed by atoms with E-state index < -0.39 is 28.2 Å². The quantitative estimate of drug-likeness (QED) is 0.813. The molecule has 0 unspecified atom stereocenters. The second-order valence-corrected chi connectivity index (χ2v) is 8.24. The fraction of sp³-hybridized carbons (Fsp3) is 0.417. The summed E-state index contributed by atoms with van der Waals surface area (Å²) in [6, 6.07) is 3.16. The molecule has 2 aromatic rings. The van der Waals surface area contributed by atoms with Crippen LogP contribution in [0.4, 0.5) is 14.6 Å². The number of halogens is 4. The largest absolute Gasteiger partial charge is 0.265 e. The minimum absolute atomic E-state index is 0.0196. The maximum atomic E-state index is 12.7. The molecular weight excluding hydrogens is 404 g/mol. The molecule has 0 spiro atoms. The predicted octanol–water partition coefficient (Wildman–Crippen LogP) is 3.62. The molecule has 1 N–H and O–H groups in total. The lowest BCUT2D eigenvalue weighted by Gasteiger charge is -2.04. The Morgan fingerprint density at radius 3 is 2.73 bits per heavy atom. The molecule has 0 amide bonds. The predicted molar refractivity (Wildman–Crippen MR) is 84.0 cm³/mol. The third-order valence-electron chi connectivity index (χ3n) is 3.31. The summed E-state index contributed by atoms with van der Waals surface area (Å²) >= 11 is 9.38. The highest BCUT2D eigenvalue weighted by Crippen LogP contribution is 2.37. The van der Waals surface area contributed by atoms with Crippen LogP contribution in [0.15, 0.2) is 16.6 Å². The van der Waals surface area contributed by atoms with Crippen LogP contribution >= 0.6 is 27.5 Å². The summed E-state index contributed by atoms with van der Waals surface area (Å²) in [6.07, 6.45) is -1.45. The molecule has 3 rings (SSSR count). The van der Waals surface area contributed by atoms with Gasteiger partial charge in [0.25, 0.3) is 6.43 Å². The van der Waals surface area contributed by atoms with Gasteiger partial charge in [0.15, 0.2) is 5.82 Å². The third kappa shape index (κ3) is 2.93. The summed E-state index contributed by atoms with van der Waals surface area (Å²) in [5, 5.41) is 4.08. The van der Waals surface area contributed by atoms with Gasteiger partial charge >= 0.3 is 0 Å². The third-order valence-corrected chi connectivity index (χ3v) is 6.09. The minimum atomic E-state index is -3.56. The fourth-order valence-electron chi connectivity index (χ4n) is 2.17. The van der Waals surface area contributed by atoms with Crippen LogP contribution in [-0.4, -0.2) is 29.9 Å². The van der Waals surface area contributed by atoms with Crippen LogP contribution in [0.1, 0.15) is 12.8 Å². The lowest BCUT2D eigenvalue weighted by molar-refractivity contribution is 0.123. The maximum Gasteiger partial charge on any atom is 0.257 e. The lowest BCUT2D eigenvalue weighted by Crippen LogP contribution is -2.18. The Labute approximate surface area is 138 Å². The first-order valence-corrected chi connectivity index (χ1v) is 9.15. The van der Waals surface area contributed by atoms with Crippen LogP contribution in [0.3, 0.4) is 0 Å². The van der Waals surface area contributed by atoms with Gasteiger partial charge in [-0.15, -0.1) is 0 Å². The van der Waals surface area contributed by atoms with Crippen molar-refractivity contribution in [1.29, 1.82) is 0 Å². The molecule has 1 aliphatic carbocycles. The molecule has 0 aliphatic heterocycles. The number of hydrogen-bond acceptors (Lipinski definition) is 3. The van der Waals surface area contributed by atoms with Gasteiger partial charge in [-0.1, -0.05) is 11.6 Å². The summed E-state index contributed by atoms with van der Waals surface area (Å²) in [7, 11) is -3.56. The summed E-state index contributed by atoms with van der Waals surface area (Å²) in [5.74, 6) is -0.0196. The number of rotatable bonds is 5. The van der Waals surface area contributed by atoms with E-state index in [1.165, 1.54) is 0 Å². The van der Waals surface area contributed by atoms with Crippen molar-refractivity contribution in [3.05, 3.63) is 21.6 Å². The second kappa shape index (κ2) is 5.61. The number of anilines is 1. The molecule has 0 bridgehead atoms. The van der Waals surface area contributed by atoms with E-state index in [1.54, 1.807) is 12.1 Å². The Morgan fingerprint density at radius 1 is 1.45 bits per heavy atom. The Kier molecular flexibility index (Phi) is 4.07. The average molecular weight is 415 g/mol. The first-order chi connectivity index (χ1) is 10.3. The Balaban J connectivity index is 2.15. The number of fused-ring (bicyclic) bond motifs is 1. The molecule has 0 radical (unpaired) electrons. The van der Waals surface area contributed by atoms with Gasteiger partial charge in [0.1, 0.15) is 6.54 Å². The second-order valence-electron chi connectivity index (χ2n) is 5.02. The molecule has 10 heteroatoms. The van der Waals surface area contributed by atoms with Crippen molar-refractivity contribution < 1.29 is 17.2 Å². The molecule has 120 valence electrons. The van der Waals surface area contributed by atoms with Gasteiger partial charge in [0, 0.05) is 4.47 Å². The number of benzene rings is 1. The zero-order valence-electron chi connectivity index (χ0n) is 11.1. The van der Waals surface area contributed by atoms with E-state index in [4.69, 9.17) is 11.6 Å². The zero-order chi connectivity index (χ0) is 16.1. The maximum absolute atomic E-state index is 12.7. The highest BCUT2D eigenvalue weighted by atomic mass is 79.9. The molecule has 1 saturated carbocycles. The molecule has 1 heterocycles. The summed E-state index contributed by atoms with van der Waals surface area (Å²) in [4.78, 5) is 0. The number of hydrogen-bond donors (Lipinski definition) is 1. The van der Waals surface area contributed by atoms with Crippen molar-refractivity contribution >= 4 is 54.3 Å². The standard InChI is InChI=1S/C12H11BrClF2N3O2S/c13-7-3-4-8(14)10-11(7)19(5-9(15)16)17-12(10)18-22(20,21)6-1-2-6/h3-4,6,9H,1-2,5H2,(H,17,18). The molecule has 0 saturated heterocycles. The van der Waals surface area contributed by atoms with E-state index in [0.717, 1.165) is 4.68 Å². The number of sulfonamides is 1. The Bertz CT molecular complexity index is 836. The van der Waals surface area contributed by atoms with Gasteiger partial charge < -0.3 is 0 Å². The van der Waals surface area contributed by atoms with Gasteiger partial charge in [-0.3, -0.25) is 9.40 Å². The summed E-state index contributed by atoms with van der Waals surface area (Å²) in [5.41, 5.74) is 0.335. The van der Waals surface area contributed by atoms with Crippen LogP contribution in [-0.2, 0) is 16.6 Å². The number of nitrogens with one attached hydrogen (secondary N) is 1. The highest BCUT2D eigenvalue weighted by Gasteiger charge is 2.37. The minimum Gasteiger partial charge on any atom is -0.265 e. The monoisotopic (exact) mass is 413 g/mol. The number of alkyl halides is 2. The van der Waals surface area contributed by atoms with E-state index in [0.29, 0.717) is 28.2 Å². The van der Waals surface area contributed by atoms with Gasteiger partial charge in [-0.25, -0.2) is 17.2 Å². The van der Waals surface area contributed by atoms with E-state index >= 15 is 0 Å². The average Bonchev–Trinajstić information content (AvgIpc) is 3.19. The van der Waals surface area contributed by atoms with Crippen LogP contribution in [0, 0.1) is 0 Å². The first kappa shape index (κ1) is 15.9. The highest BCUT2D eigenvalue weighted by molar-refractivity contribution is 9.10. The first-order valence-electron chi connectivity index (χ1n) is 6.44. The SMILES string of the molecule is O=S(=O)(Nc1nn(CC(F)F)c2c(Br)ccc(Cl)c12)C1CC1. The molecule has 1 aromatic carbocycles. The molecule has 1 aromatic heterocycles. The van der Waals surface area contributed by atoms with Gasteiger partial charge in [0.05, 0.1) is 21.2 Å². The van der Waals surface area contributed by atoms with Crippen LogP contribution in [0.2, 0.25) is 5.02 Å². The summed E-state index contributed by atoms with van der Waals surface area (Å²) < 4.78 is 53.5. The van der Waals surface area contributed by atoms with E-state index in [1.807, 2.05) is 0 Å². The van der Waals surface area contributed by atoms with Crippen molar-refractivity contribution in [3.63, 3.8) is 0 Å². The van der Waals surface area contributed by atoms with Gasteiger partial charge in [-0.05, 0) is 40.9 Å². The zero-order valence-corrected chi connectivity index (χ0v) is 14.2. The van der Waals surface area contributed by atoms with E-state index in [9.17, 15) is 17.2 Å². The molecule has 0 atom stereocenters. The van der Waals surface area contributed by atoms with Crippen molar-refractivity contribution in [2.24, 2.45) is 0 Å². The molecule has 5 nitrogen and oxygen atoms in total. The Morgan fingerprint density at radius 2 is 2.14 bits per heavy atom. The lowest BCUT2D eigenvalue weighted by atomic mass is 10.2. The smallest absolute Gasteiger partial charge is 0.257 e. The van der Waals surface area contributed by atoms with Crippen molar-refractivity contribution in [1.82, 2.24) is 9.78 Å². The van der Waals surface area contributed by atoms with Crippen LogP contribution in [0.5, 0.6) is 0 Å². The van der Waals surface area contributed by atoms with E-state index in [-0.39, 0.29) is 10.8 Å². The van der Waals surface area contributed by atoms with Gasteiger partial charge in [0.2, 0.25) is 10.0 Å². The molecule has 22 heavy (non-hydrogen) atoms. The van der Waals surface area contributed by atoms with Crippen LogP contribution < -0.4 is 4.72 Å². The number of nitrogens with zero attached hydrogens (tertiary/aromatic N) is 2. The summed E-state index contributed by atoms with van der Waals surface area (Å²) in [6.45, 7) is -0.652. The fourth-order valence-corrected chi connectivity index (χ4v) is 4.28. The molecule has 1 aliphatic rings. The molecular formula is C12H11BrClF2N3O2S. The van der Waals surface area contributed by atoms with Crippen molar-refractivity contribution in [2.45, 2.75) is 31.1 Å². The topological polar surface area (TPSA) is 64.0 Å². The van der Waals surface area contributed by atoms with Crippen molar-refractivity contribution in [2.75, 3.05) is 4.72 Å². The van der Waals surface area contributed by atoms with Crippen molar-refractivity contribution in [3.8, 4) is 0 Å². The van der Waals surface area contributed by atoms with Crippen LogP contribution in [0.25, 0.3) is 10.9 Å². The van der Waals surface area contributed by atoms with E-state index in [2.05, 4.69) is 25.8 Å². The Hall–Kier alpha value is -0.930. The number of aromatic nitrogens is 2. The van der Waals surface area contributed by atoms with Gasteiger partial charge in [-0.2, -0.15) is 5.10 Å².